The molecule has 0 spiro atoms. The van der Waals surface area contributed by atoms with Crippen molar-refractivity contribution >= 4 is 20.0 Å². The standard InChI is InChI=1S/C13H20N2O4S2/c1-10(2)11-6-7-15(9-11)21(18,19)13-5-3-4-12(8-13)20(14,16)17/h3-5,8,10-11H,6-7,9H2,1-2H3,(H2,14,16,17). The van der Waals surface area contributed by atoms with Gasteiger partial charge in [0.25, 0.3) is 0 Å². The van der Waals surface area contributed by atoms with Gasteiger partial charge >= 0.3 is 0 Å². The smallest absolute Gasteiger partial charge is 0.225 e. The zero-order valence-electron chi connectivity index (χ0n) is 12.1. The molecule has 1 atom stereocenters. The molecule has 0 aliphatic carbocycles. The minimum absolute atomic E-state index is 0.0292. The highest BCUT2D eigenvalue weighted by Crippen LogP contribution is 2.29. The van der Waals surface area contributed by atoms with Gasteiger partial charge in [-0.05, 0) is 36.5 Å². The Labute approximate surface area is 126 Å². The fraction of sp³-hybridized carbons (Fsp3) is 0.538. The summed E-state index contributed by atoms with van der Waals surface area (Å²) in [4.78, 5) is -0.221. The molecule has 0 bridgehead atoms. The molecule has 1 aliphatic rings. The van der Waals surface area contributed by atoms with Gasteiger partial charge in [0.1, 0.15) is 0 Å². The molecule has 118 valence electrons. The van der Waals surface area contributed by atoms with Gasteiger partial charge in [0.2, 0.25) is 20.0 Å². The Morgan fingerprint density at radius 3 is 2.33 bits per heavy atom. The number of primary sulfonamides is 1. The van der Waals surface area contributed by atoms with E-state index in [0.717, 1.165) is 12.5 Å². The van der Waals surface area contributed by atoms with Crippen molar-refractivity contribution in [3.8, 4) is 0 Å². The first-order valence-electron chi connectivity index (χ1n) is 6.75. The van der Waals surface area contributed by atoms with Crippen molar-refractivity contribution in [2.45, 2.75) is 30.1 Å². The number of rotatable bonds is 4. The second kappa shape index (κ2) is 5.68. The fourth-order valence-electron chi connectivity index (χ4n) is 2.48. The molecule has 1 aromatic rings. The summed E-state index contributed by atoms with van der Waals surface area (Å²) >= 11 is 0. The van der Waals surface area contributed by atoms with Crippen LogP contribution in [0.4, 0.5) is 0 Å². The van der Waals surface area contributed by atoms with Crippen molar-refractivity contribution in [1.29, 1.82) is 0 Å². The van der Waals surface area contributed by atoms with Crippen molar-refractivity contribution in [3.63, 3.8) is 0 Å². The molecule has 1 unspecified atom stereocenters. The Morgan fingerprint density at radius 2 is 1.81 bits per heavy atom. The van der Waals surface area contributed by atoms with Crippen LogP contribution in [0.15, 0.2) is 34.1 Å². The minimum atomic E-state index is -3.92. The third-order valence-electron chi connectivity index (χ3n) is 3.90. The van der Waals surface area contributed by atoms with Crippen LogP contribution in [0, 0.1) is 11.8 Å². The maximum atomic E-state index is 12.6. The summed E-state index contributed by atoms with van der Waals surface area (Å²) in [6, 6.07) is 5.19. The number of sulfonamides is 2. The number of benzene rings is 1. The molecule has 0 amide bonds. The van der Waals surface area contributed by atoms with Crippen LogP contribution in [0.2, 0.25) is 0 Å². The molecule has 0 radical (unpaired) electrons. The number of nitrogens with zero attached hydrogens (tertiary/aromatic N) is 1. The third kappa shape index (κ3) is 3.45. The van der Waals surface area contributed by atoms with E-state index in [2.05, 4.69) is 13.8 Å². The summed E-state index contributed by atoms with van der Waals surface area (Å²) in [5.41, 5.74) is 0. The highest BCUT2D eigenvalue weighted by molar-refractivity contribution is 7.90. The number of hydrogen-bond acceptors (Lipinski definition) is 4. The normalized spacial score (nSPS) is 21.0. The van der Waals surface area contributed by atoms with Crippen LogP contribution < -0.4 is 5.14 Å². The summed E-state index contributed by atoms with van der Waals surface area (Å²) < 4.78 is 49.2. The van der Waals surface area contributed by atoms with Crippen LogP contribution in [-0.2, 0) is 20.0 Å². The van der Waals surface area contributed by atoms with Crippen molar-refractivity contribution in [2.24, 2.45) is 17.0 Å². The SMILES string of the molecule is CC(C)C1CCN(S(=O)(=O)c2cccc(S(N)(=O)=O)c2)C1. The van der Waals surface area contributed by atoms with Crippen LogP contribution in [-0.4, -0.2) is 34.2 Å². The fourth-order valence-corrected chi connectivity index (χ4v) is 4.67. The molecule has 1 fully saturated rings. The topological polar surface area (TPSA) is 97.5 Å². The zero-order chi connectivity index (χ0) is 15.8. The van der Waals surface area contributed by atoms with E-state index in [1.165, 1.54) is 22.5 Å². The quantitative estimate of drug-likeness (QED) is 0.889. The number of hydrogen-bond donors (Lipinski definition) is 1. The summed E-state index contributed by atoms with van der Waals surface area (Å²) in [5.74, 6) is 0.752. The van der Waals surface area contributed by atoms with Gasteiger partial charge in [0.05, 0.1) is 9.79 Å². The van der Waals surface area contributed by atoms with Crippen LogP contribution in [0.3, 0.4) is 0 Å². The van der Waals surface area contributed by atoms with Gasteiger partial charge in [-0.25, -0.2) is 22.0 Å². The van der Waals surface area contributed by atoms with Crippen molar-refractivity contribution in [2.75, 3.05) is 13.1 Å². The van der Waals surface area contributed by atoms with Crippen LogP contribution >= 0.6 is 0 Å². The maximum Gasteiger partial charge on any atom is 0.243 e. The van der Waals surface area contributed by atoms with Gasteiger partial charge in [-0.1, -0.05) is 19.9 Å². The van der Waals surface area contributed by atoms with Crippen LogP contribution in [0.1, 0.15) is 20.3 Å². The lowest BCUT2D eigenvalue weighted by Gasteiger charge is -2.18. The molecule has 8 heteroatoms. The van der Waals surface area contributed by atoms with E-state index in [4.69, 9.17) is 5.14 Å². The second-order valence-corrected chi connectivity index (χ2v) is 9.18. The zero-order valence-corrected chi connectivity index (χ0v) is 13.7. The lowest BCUT2D eigenvalue weighted by Crippen LogP contribution is -2.29. The molecule has 1 heterocycles. The minimum Gasteiger partial charge on any atom is -0.225 e. The highest BCUT2D eigenvalue weighted by atomic mass is 32.2. The number of nitrogens with two attached hydrogens (primary N) is 1. The van der Waals surface area contributed by atoms with E-state index in [0.29, 0.717) is 24.9 Å². The molecular weight excluding hydrogens is 312 g/mol. The monoisotopic (exact) mass is 332 g/mol. The summed E-state index contributed by atoms with van der Waals surface area (Å²) in [5, 5.41) is 5.05. The Balaban J connectivity index is 2.33. The lowest BCUT2D eigenvalue weighted by molar-refractivity contribution is 0.388. The first-order valence-corrected chi connectivity index (χ1v) is 9.74. The third-order valence-corrected chi connectivity index (χ3v) is 6.67. The van der Waals surface area contributed by atoms with E-state index in [1.54, 1.807) is 0 Å². The van der Waals surface area contributed by atoms with Crippen LogP contribution in [0.25, 0.3) is 0 Å². The predicted molar refractivity (Wildman–Crippen MR) is 79.5 cm³/mol. The van der Waals surface area contributed by atoms with Gasteiger partial charge in [0.15, 0.2) is 0 Å². The Morgan fingerprint density at radius 1 is 1.19 bits per heavy atom. The van der Waals surface area contributed by atoms with E-state index < -0.39 is 20.0 Å². The van der Waals surface area contributed by atoms with E-state index in [9.17, 15) is 16.8 Å². The molecule has 1 aliphatic heterocycles. The maximum absolute atomic E-state index is 12.6. The summed E-state index contributed by atoms with van der Waals surface area (Å²) in [6.07, 6.45) is 0.825. The van der Waals surface area contributed by atoms with Crippen LogP contribution in [0.5, 0.6) is 0 Å². The van der Waals surface area contributed by atoms with E-state index >= 15 is 0 Å². The Bertz CT molecular complexity index is 726. The van der Waals surface area contributed by atoms with Crippen molar-refractivity contribution in [1.82, 2.24) is 4.31 Å². The van der Waals surface area contributed by atoms with Crippen molar-refractivity contribution < 1.29 is 16.8 Å². The first-order chi connectivity index (χ1) is 9.62. The lowest BCUT2D eigenvalue weighted by atomic mass is 9.96. The van der Waals surface area contributed by atoms with Gasteiger partial charge < -0.3 is 0 Å². The van der Waals surface area contributed by atoms with Crippen molar-refractivity contribution in [3.05, 3.63) is 24.3 Å². The molecule has 0 aromatic heterocycles. The molecule has 1 aromatic carbocycles. The molecule has 0 saturated carbocycles. The van der Waals surface area contributed by atoms with E-state index in [1.807, 2.05) is 0 Å². The molecule has 21 heavy (non-hydrogen) atoms. The molecule has 6 nitrogen and oxygen atoms in total. The highest BCUT2D eigenvalue weighted by Gasteiger charge is 2.34. The van der Waals surface area contributed by atoms with Gasteiger partial charge in [-0.2, -0.15) is 4.31 Å². The van der Waals surface area contributed by atoms with E-state index in [-0.39, 0.29) is 9.79 Å². The second-order valence-electron chi connectivity index (χ2n) is 5.68. The largest absolute Gasteiger partial charge is 0.243 e. The molecule has 2 rings (SSSR count). The van der Waals surface area contributed by atoms with Gasteiger partial charge in [0, 0.05) is 13.1 Å². The molecular formula is C13H20N2O4S2. The summed E-state index contributed by atoms with van der Waals surface area (Å²) in [7, 11) is -7.59. The average molecular weight is 332 g/mol. The summed E-state index contributed by atoms with van der Waals surface area (Å²) in [6.45, 7) is 5.08. The predicted octanol–water partition coefficient (Wildman–Crippen LogP) is 1.00. The van der Waals surface area contributed by atoms with Gasteiger partial charge in [-0.15, -0.1) is 0 Å². The van der Waals surface area contributed by atoms with Gasteiger partial charge in [-0.3, -0.25) is 0 Å². The Kier molecular flexibility index (Phi) is 4.44. The molecule has 2 N–H and O–H groups in total. The first kappa shape index (κ1) is 16.4. The average Bonchev–Trinajstić information content (AvgIpc) is 2.88. The molecule has 1 saturated heterocycles. The Hall–Kier alpha value is -0.960.